The Hall–Kier alpha value is -1.42. The third-order valence-electron chi connectivity index (χ3n) is 2.38. The lowest BCUT2D eigenvalue weighted by Crippen LogP contribution is -2.30. The van der Waals surface area contributed by atoms with E-state index in [2.05, 4.69) is 5.43 Å². The molecule has 1 amide bonds. The molecule has 1 atom stereocenters. The van der Waals surface area contributed by atoms with Gasteiger partial charge in [0.1, 0.15) is 5.82 Å². The van der Waals surface area contributed by atoms with Crippen molar-refractivity contribution in [2.24, 2.45) is 0 Å². The standard InChI is InChI=1S/C10H11FN2O/c1-13-10(14)6-9(12-13)7-4-2-3-5-8(7)11/h2-5,9,12H,6H2,1H3. The molecule has 0 saturated carbocycles. The third-order valence-corrected chi connectivity index (χ3v) is 2.38. The first-order valence-electron chi connectivity index (χ1n) is 4.45. The van der Waals surface area contributed by atoms with Gasteiger partial charge in [-0.2, -0.15) is 0 Å². The van der Waals surface area contributed by atoms with Gasteiger partial charge in [0.05, 0.1) is 6.04 Å². The van der Waals surface area contributed by atoms with Crippen molar-refractivity contribution in [3.05, 3.63) is 35.6 Å². The van der Waals surface area contributed by atoms with E-state index >= 15 is 0 Å². The summed E-state index contributed by atoms with van der Waals surface area (Å²) in [7, 11) is 1.64. The van der Waals surface area contributed by atoms with Crippen LogP contribution in [0.3, 0.4) is 0 Å². The van der Waals surface area contributed by atoms with E-state index in [0.717, 1.165) is 0 Å². The number of rotatable bonds is 1. The Balaban J connectivity index is 2.25. The van der Waals surface area contributed by atoms with Crippen LogP contribution in [0, 0.1) is 5.82 Å². The Labute approximate surface area is 81.5 Å². The first-order valence-corrected chi connectivity index (χ1v) is 4.45. The van der Waals surface area contributed by atoms with Gasteiger partial charge in [-0.15, -0.1) is 0 Å². The van der Waals surface area contributed by atoms with Crippen LogP contribution < -0.4 is 5.43 Å². The second kappa shape index (κ2) is 3.38. The zero-order chi connectivity index (χ0) is 10.1. The topological polar surface area (TPSA) is 32.3 Å². The Bertz CT molecular complexity index is 367. The summed E-state index contributed by atoms with van der Waals surface area (Å²) in [6, 6.07) is 6.27. The summed E-state index contributed by atoms with van der Waals surface area (Å²) in [6.45, 7) is 0. The lowest BCUT2D eigenvalue weighted by molar-refractivity contribution is -0.128. The average molecular weight is 194 g/mol. The van der Waals surface area contributed by atoms with E-state index in [1.165, 1.54) is 11.1 Å². The monoisotopic (exact) mass is 194 g/mol. The molecule has 1 aliphatic heterocycles. The van der Waals surface area contributed by atoms with Crippen molar-refractivity contribution in [3.8, 4) is 0 Å². The van der Waals surface area contributed by atoms with Gasteiger partial charge in [0.15, 0.2) is 0 Å². The zero-order valence-corrected chi connectivity index (χ0v) is 7.83. The highest BCUT2D eigenvalue weighted by atomic mass is 19.1. The van der Waals surface area contributed by atoms with Crippen LogP contribution in [0.4, 0.5) is 4.39 Å². The Morgan fingerprint density at radius 2 is 2.21 bits per heavy atom. The predicted molar refractivity (Wildman–Crippen MR) is 49.7 cm³/mol. The van der Waals surface area contributed by atoms with Gasteiger partial charge >= 0.3 is 0 Å². The summed E-state index contributed by atoms with van der Waals surface area (Å²) < 4.78 is 13.3. The second-order valence-corrected chi connectivity index (χ2v) is 3.36. The summed E-state index contributed by atoms with van der Waals surface area (Å²) in [5, 5.41) is 1.40. The molecule has 0 radical (unpaired) electrons. The first-order chi connectivity index (χ1) is 6.68. The SMILES string of the molecule is CN1NC(c2ccccc2F)CC1=O. The summed E-state index contributed by atoms with van der Waals surface area (Å²) in [6.07, 6.45) is 0.317. The molecule has 1 unspecified atom stereocenters. The van der Waals surface area contributed by atoms with Gasteiger partial charge in [-0.25, -0.2) is 9.82 Å². The number of hydrogen-bond acceptors (Lipinski definition) is 2. The van der Waals surface area contributed by atoms with Crippen LogP contribution in [0.25, 0.3) is 0 Å². The average Bonchev–Trinajstić information content (AvgIpc) is 2.48. The fourth-order valence-corrected chi connectivity index (χ4v) is 1.60. The van der Waals surface area contributed by atoms with Crippen LogP contribution in [0.2, 0.25) is 0 Å². The molecule has 1 aliphatic rings. The molecule has 3 nitrogen and oxygen atoms in total. The fourth-order valence-electron chi connectivity index (χ4n) is 1.60. The molecular formula is C10H11FN2O. The molecular weight excluding hydrogens is 183 g/mol. The second-order valence-electron chi connectivity index (χ2n) is 3.36. The number of halogens is 1. The minimum absolute atomic E-state index is 0.0155. The fraction of sp³-hybridized carbons (Fsp3) is 0.300. The van der Waals surface area contributed by atoms with Crippen LogP contribution in [0.5, 0.6) is 0 Å². The van der Waals surface area contributed by atoms with Gasteiger partial charge < -0.3 is 0 Å². The van der Waals surface area contributed by atoms with E-state index in [9.17, 15) is 9.18 Å². The molecule has 74 valence electrons. The van der Waals surface area contributed by atoms with Crippen LogP contribution in [0.1, 0.15) is 18.0 Å². The normalized spacial score (nSPS) is 21.7. The summed E-state index contributed by atoms with van der Waals surface area (Å²) in [5.41, 5.74) is 3.45. The van der Waals surface area contributed by atoms with Crippen molar-refractivity contribution in [2.45, 2.75) is 12.5 Å². The van der Waals surface area contributed by atoms with Gasteiger partial charge in [0.25, 0.3) is 0 Å². The summed E-state index contributed by atoms with van der Waals surface area (Å²) in [5.74, 6) is -0.286. The molecule has 1 fully saturated rings. The predicted octanol–water partition coefficient (Wildman–Crippen LogP) is 1.23. The van der Waals surface area contributed by atoms with Crippen molar-refractivity contribution in [3.63, 3.8) is 0 Å². The highest BCUT2D eigenvalue weighted by molar-refractivity contribution is 5.78. The molecule has 1 N–H and O–H groups in total. The van der Waals surface area contributed by atoms with Crippen molar-refractivity contribution in [1.29, 1.82) is 0 Å². The molecule has 2 rings (SSSR count). The molecule has 1 aromatic rings. The van der Waals surface area contributed by atoms with Crippen LogP contribution in [0.15, 0.2) is 24.3 Å². The number of nitrogens with zero attached hydrogens (tertiary/aromatic N) is 1. The smallest absolute Gasteiger partial charge is 0.238 e. The molecule has 14 heavy (non-hydrogen) atoms. The number of hydrogen-bond donors (Lipinski definition) is 1. The van der Waals surface area contributed by atoms with Gasteiger partial charge in [0, 0.05) is 19.0 Å². The van der Waals surface area contributed by atoms with Gasteiger partial charge in [-0.3, -0.25) is 9.80 Å². The largest absolute Gasteiger partial charge is 0.281 e. The maximum absolute atomic E-state index is 13.3. The van der Waals surface area contributed by atoms with Crippen molar-refractivity contribution in [2.75, 3.05) is 7.05 Å². The molecule has 0 aliphatic carbocycles. The van der Waals surface area contributed by atoms with Crippen LogP contribution >= 0.6 is 0 Å². The summed E-state index contributed by atoms with van der Waals surface area (Å²) >= 11 is 0. The number of nitrogens with one attached hydrogen (secondary N) is 1. The lowest BCUT2D eigenvalue weighted by Gasteiger charge is -2.13. The maximum atomic E-state index is 13.3. The van der Waals surface area contributed by atoms with E-state index in [0.29, 0.717) is 12.0 Å². The van der Waals surface area contributed by atoms with Crippen molar-refractivity contribution >= 4 is 5.91 Å². The number of benzene rings is 1. The molecule has 1 heterocycles. The van der Waals surface area contributed by atoms with Crippen molar-refractivity contribution < 1.29 is 9.18 Å². The van der Waals surface area contributed by atoms with E-state index in [1.54, 1.807) is 25.2 Å². The van der Waals surface area contributed by atoms with Gasteiger partial charge in [0.2, 0.25) is 5.91 Å². The lowest BCUT2D eigenvalue weighted by atomic mass is 10.1. The number of amides is 1. The molecule has 0 aromatic heterocycles. The zero-order valence-electron chi connectivity index (χ0n) is 7.83. The Morgan fingerprint density at radius 3 is 2.79 bits per heavy atom. The molecule has 0 bridgehead atoms. The molecule has 1 aromatic carbocycles. The van der Waals surface area contributed by atoms with E-state index in [4.69, 9.17) is 0 Å². The van der Waals surface area contributed by atoms with Crippen molar-refractivity contribution in [1.82, 2.24) is 10.4 Å². The number of carbonyl (C=O) groups excluding carboxylic acids is 1. The van der Waals surface area contributed by atoms with E-state index < -0.39 is 0 Å². The van der Waals surface area contributed by atoms with Crippen LogP contribution in [-0.2, 0) is 4.79 Å². The minimum Gasteiger partial charge on any atom is -0.281 e. The highest BCUT2D eigenvalue weighted by Crippen LogP contribution is 2.24. The third kappa shape index (κ3) is 1.48. The first kappa shape index (κ1) is 9.15. The van der Waals surface area contributed by atoms with Gasteiger partial charge in [-0.1, -0.05) is 18.2 Å². The van der Waals surface area contributed by atoms with Crippen LogP contribution in [-0.4, -0.2) is 18.0 Å². The van der Waals surface area contributed by atoms with Gasteiger partial charge in [-0.05, 0) is 6.07 Å². The van der Waals surface area contributed by atoms with E-state index in [-0.39, 0.29) is 17.8 Å². The Kier molecular flexibility index (Phi) is 2.21. The minimum atomic E-state index is -0.270. The number of hydrazine groups is 1. The highest BCUT2D eigenvalue weighted by Gasteiger charge is 2.28. The molecule has 0 spiro atoms. The maximum Gasteiger partial charge on any atom is 0.238 e. The molecule has 1 saturated heterocycles. The van der Waals surface area contributed by atoms with E-state index in [1.807, 2.05) is 0 Å². The summed E-state index contributed by atoms with van der Waals surface area (Å²) in [4.78, 5) is 11.2. The quantitative estimate of drug-likeness (QED) is 0.729. The number of carbonyl (C=O) groups is 1. The molecule has 4 heteroatoms. The Morgan fingerprint density at radius 1 is 1.50 bits per heavy atom.